The molecule has 0 aliphatic carbocycles. The first kappa shape index (κ1) is 21.4. The number of rotatable bonds is 7. The van der Waals surface area contributed by atoms with Crippen LogP contribution in [0.2, 0.25) is 0 Å². The minimum atomic E-state index is -0.649. The molecule has 3 aromatic rings. The predicted molar refractivity (Wildman–Crippen MR) is 118 cm³/mol. The lowest BCUT2D eigenvalue weighted by molar-refractivity contribution is -0.402. The van der Waals surface area contributed by atoms with Crippen LogP contribution in [0.4, 0.5) is 11.0 Å². The molecule has 0 bridgehead atoms. The van der Waals surface area contributed by atoms with Gasteiger partial charge in [-0.15, -0.1) is 0 Å². The molecule has 0 saturated carbocycles. The molecule has 1 amide bonds. The normalized spacial score (nSPS) is 14.8. The average Bonchev–Trinajstić information content (AvgIpc) is 3.39. The van der Waals surface area contributed by atoms with Gasteiger partial charge in [-0.25, -0.2) is 4.98 Å². The molecule has 9 nitrogen and oxygen atoms in total. The lowest BCUT2D eigenvalue weighted by atomic mass is 10.1. The second-order valence-corrected chi connectivity index (χ2v) is 8.56. The number of anilines is 1. The van der Waals surface area contributed by atoms with Crippen LogP contribution in [0.5, 0.6) is 0 Å². The summed E-state index contributed by atoms with van der Waals surface area (Å²) in [5, 5.41) is 11.5. The lowest BCUT2D eigenvalue weighted by Gasteiger charge is -2.27. The van der Waals surface area contributed by atoms with Crippen LogP contribution in [0, 0.1) is 24.0 Å². The van der Waals surface area contributed by atoms with E-state index in [0.717, 1.165) is 60.6 Å². The number of fused-ring (bicyclic) bond motifs is 1. The Bertz CT molecular complexity index is 1100. The first-order valence-electron chi connectivity index (χ1n) is 10.2. The fourth-order valence-corrected chi connectivity index (χ4v) is 4.76. The summed E-state index contributed by atoms with van der Waals surface area (Å²) in [7, 11) is 0. The van der Waals surface area contributed by atoms with E-state index in [0.29, 0.717) is 11.7 Å². The van der Waals surface area contributed by atoms with Crippen molar-refractivity contribution in [1.29, 1.82) is 0 Å². The molecule has 0 atom stereocenters. The second kappa shape index (κ2) is 9.13. The van der Waals surface area contributed by atoms with Crippen LogP contribution in [0.25, 0.3) is 10.2 Å². The second-order valence-electron chi connectivity index (χ2n) is 7.59. The van der Waals surface area contributed by atoms with Crippen molar-refractivity contribution in [3.05, 3.63) is 51.3 Å². The van der Waals surface area contributed by atoms with E-state index in [1.54, 1.807) is 4.90 Å². The third kappa shape index (κ3) is 4.76. The van der Waals surface area contributed by atoms with E-state index < -0.39 is 16.7 Å². The first-order chi connectivity index (χ1) is 14.9. The topological polar surface area (TPSA) is 102 Å². The van der Waals surface area contributed by atoms with Gasteiger partial charge in [0.2, 0.25) is 0 Å². The third-order valence-electron chi connectivity index (χ3n) is 5.23. The molecule has 3 heterocycles. The molecule has 0 spiro atoms. The monoisotopic (exact) mass is 444 g/mol. The van der Waals surface area contributed by atoms with Crippen molar-refractivity contribution >= 4 is 38.5 Å². The van der Waals surface area contributed by atoms with Crippen LogP contribution >= 0.6 is 11.3 Å². The fourth-order valence-electron chi connectivity index (χ4n) is 3.72. The molecule has 164 valence electrons. The molecule has 0 radical (unpaired) electrons. The third-order valence-corrected chi connectivity index (χ3v) is 6.46. The molecule has 1 aromatic carbocycles. The molecular formula is C21H24N4O5S. The summed E-state index contributed by atoms with van der Waals surface area (Å²) < 4.78 is 11.6. The number of nitrogens with zero attached hydrogens (tertiary/aromatic N) is 4. The van der Waals surface area contributed by atoms with Crippen molar-refractivity contribution in [2.75, 3.05) is 44.3 Å². The van der Waals surface area contributed by atoms with Gasteiger partial charge in [0.15, 0.2) is 10.9 Å². The minimum absolute atomic E-state index is 0.0646. The Balaban J connectivity index is 1.60. The zero-order chi connectivity index (χ0) is 22.0. The van der Waals surface area contributed by atoms with E-state index in [-0.39, 0.29) is 5.76 Å². The largest absolute Gasteiger partial charge is 0.433 e. The van der Waals surface area contributed by atoms with Crippen LogP contribution in [0.1, 0.15) is 28.1 Å². The summed E-state index contributed by atoms with van der Waals surface area (Å²) >= 11 is 1.45. The van der Waals surface area contributed by atoms with Crippen molar-refractivity contribution in [2.24, 2.45) is 0 Å². The van der Waals surface area contributed by atoms with Crippen molar-refractivity contribution in [2.45, 2.75) is 20.3 Å². The van der Waals surface area contributed by atoms with Crippen LogP contribution < -0.4 is 4.90 Å². The Morgan fingerprint density at radius 1 is 1.29 bits per heavy atom. The molecule has 1 aliphatic heterocycles. The maximum absolute atomic E-state index is 13.2. The summed E-state index contributed by atoms with van der Waals surface area (Å²) in [6.07, 6.45) is 0.739. The zero-order valence-corrected chi connectivity index (χ0v) is 18.3. The van der Waals surface area contributed by atoms with Crippen LogP contribution in [-0.2, 0) is 4.74 Å². The van der Waals surface area contributed by atoms with Crippen molar-refractivity contribution < 1.29 is 18.9 Å². The number of hydrogen-bond donors (Lipinski definition) is 0. The van der Waals surface area contributed by atoms with E-state index in [9.17, 15) is 14.9 Å². The molecule has 10 heteroatoms. The Labute approximate surface area is 183 Å². The van der Waals surface area contributed by atoms with Crippen molar-refractivity contribution in [3.63, 3.8) is 0 Å². The van der Waals surface area contributed by atoms with Crippen LogP contribution in [-0.4, -0.2) is 60.1 Å². The highest BCUT2D eigenvalue weighted by Crippen LogP contribution is 2.33. The number of amides is 1. The molecule has 1 saturated heterocycles. The van der Waals surface area contributed by atoms with Gasteiger partial charge in [0.25, 0.3) is 5.91 Å². The van der Waals surface area contributed by atoms with Gasteiger partial charge in [0, 0.05) is 26.2 Å². The molecule has 1 aliphatic rings. The number of aromatic nitrogens is 1. The van der Waals surface area contributed by atoms with Gasteiger partial charge in [-0.05, 0) is 43.5 Å². The molecule has 1 fully saturated rings. The van der Waals surface area contributed by atoms with Crippen LogP contribution in [0.15, 0.2) is 28.7 Å². The Kier molecular flexibility index (Phi) is 6.30. The highest BCUT2D eigenvalue weighted by molar-refractivity contribution is 7.22. The smallest absolute Gasteiger partial charge is 0.395 e. The minimum Gasteiger partial charge on any atom is -0.395 e. The summed E-state index contributed by atoms with van der Waals surface area (Å²) in [5.74, 6) is -0.943. The molecule has 31 heavy (non-hydrogen) atoms. The highest BCUT2D eigenvalue weighted by atomic mass is 32.1. The highest BCUT2D eigenvalue weighted by Gasteiger charge is 2.26. The van der Waals surface area contributed by atoms with E-state index >= 15 is 0 Å². The molecule has 2 aromatic heterocycles. The SMILES string of the molecule is Cc1cc(C)c2sc(N(CCCN3CCOCC3)C(=O)c3ccc([N+](=O)[O-])o3)nc2c1. The number of hydrogen-bond acceptors (Lipinski definition) is 8. The molecule has 0 unspecified atom stereocenters. The fraction of sp³-hybridized carbons (Fsp3) is 0.429. The average molecular weight is 445 g/mol. The number of carbonyl (C=O) groups is 1. The lowest BCUT2D eigenvalue weighted by Crippen LogP contribution is -2.39. The maximum atomic E-state index is 13.2. The van der Waals surface area contributed by atoms with Crippen LogP contribution in [0.3, 0.4) is 0 Å². The van der Waals surface area contributed by atoms with E-state index in [4.69, 9.17) is 14.1 Å². The summed E-state index contributed by atoms with van der Waals surface area (Å²) in [5.41, 5.74) is 3.05. The number of aryl methyl sites for hydroxylation is 2. The van der Waals surface area contributed by atoms with Gasteiger partial charge >= 0.3 is 5.88 Å². The van der Waals surface area contributed by atoms with E-state index in [1.165, 1.54) is 23.5 Å². The van der Waals surface area contributed by atoms with Gasteiger partial charge in [0.05, 0.1) is 29.5 Å². The first-order valence-corrected chi connectivity index (χ1v) is 11.0. The van der Waals surface area contributed by atoms with E-state index in [1.807, 2.05) is 19.9 Å². The summed E-state index contributed by atoms with van der Waals surface area (Å²) in [6, 6.07) is 6.63. The summed E-state index contributed by atoms with van der Waals surface area (Å²) in [6.45, 7) is 8.48. The number of furan rings is 1. The quantitative estimate of drug-likeness (QED) is 0.404. The standard InChI is InChI=1S/C21H24N4O5S/c1-14-12-15(2)19-16(13-14)22-21(31-19)24(7-3-6-23-8-10-29-11-9-23)20(26)17-4-5-18(30-17)25(27)28/h4-5,12-13H,3,6-11H2,1-2H3. The van der Waals surface area contributed by atoms with Crippen molar-refractivity contribution in [3.8, 4) is 0 Å². The Hall–Kier alpha value is -2.82. The molecular weight excluding hydrogens is 420 g/mol. The zero-order valence-electron chi connectivity index (χ0n) is 17.5. The van der Waals surface area contributed by atoms with Gasteiger partial charge in [-0.1, -0.05) is 17.4 Å². The Morgan fingerprint density at radius 3 is 2.77 bits per heavy atom. The van der Waals surface area contributed by atoms with Gasteiger partial charge in [0.1, 0.15) is 4.92 Å². The summed E-state index contributed by atoms with van der Waals surface area (Å²) in [4.78, 5) is 32.1. The molecule has 0 N–H and O–H groups in total. The number of ether oxygens (including phenoxy) is 1. The van der Waals surface area contributed by atoms with Gasteiger partial charge in [-0.3, -0.25) is 24.7 Å². The number of morpholine rings is 1. The maximum Gasteiger partial charge on any atom is 0.433 e. The van der Waals surface area contributed by atoms with Gasteiger partial charge < -0.3 is 9.15 Å². The number of carbonyl (C=O) groups excluding carboxylic acids is 1. The predicted octanol–water partition coefficient (Wildman–Crippen LogP) is 3.78. The van der Waals surface area contributed by atoms with Gasteiger partial charge in [-0.2, -0.15) is 0 Å². The van der Waals surface area contributed by atoms with E-state index in [2.05, 4.69) is 11.0 Å². The molecule has 4 rings (SSSR count). The number of nitro groups is 1. The number of benzene rings is 1. The van der Waals surface area contributed by atoms with Crippen molar-refractivity contribution in [1.82, 2.24) is 9.88 Å². The number of thiazole rings is 1. The Morgan fingerprint density at radius 2 is 2.06 bits per heavy atom.